The van der Waals surface area contributed by atoms with Crippen molar-refractivity contribution in [3.05, 3.63) is 15.9 Å². The van der Waals surface area contributed by atoms with E-state index in [0.29, 0.717) is 18.4 Å². The number of hydrogen-bond acceptors (Lipinski definition) is 4. The van der Waals surface area contributed by atoms with Crippen LogP contribution in [0.2, 0.25) is 0 Å². The predicted octanol–water partition coefficient (Wildman–Crippen LogP) is 2.12. The molecule has 2 bridgehead atoms. The van der Waals surface area contributed by atoms with Crippen molar-refractivity contribution >= 4 is 17.2 Å². The van der Waals surface area contributed by atoms with Crippen LogP contribution in [0.3, 0.4) is 0 Å². The van der Waals surface area contributed by atoms with E-state index in [-0.39, 0.29) is 17.9 Å². The summed E-state index contributed by atoms with van der Waals surface area (Å²) in [4.78, 5) is 19.0. The lowest BCUT2D eigenvalue weighted by Crippen LogP contribution is -2.36. The Morgan fingerprint density at radius 1 is 1.35 bits per heavy atom. The summed E-state index contributed by atoms with van der Waals surface area (Å²) in [7, 11) is 1.68. The standard InChI is InChI=1S/C17H26N2O3S/c1-11-10-19(3-4-22-2)17(23-11)18-16(21)14-6-12-5-13(7-14)9-15(20)8-12/h10,12-15,20H,3-9H2,1-2H3/b18-17-/t12-,13+,14+,15-. The lowest BCUT2D eigenvalue weighted by atomic mass is 9.67. The summed E-state index contributed by atoms with van der Waals surface area (Å²) < 4.78 is 7.13. The molecule has 3 rings (SSSR count). The Balaban J connectivity index is 1.74. The normalized spacial score (nSPS) is 31.3. The van der Waals surface area contributed by atoms with Crippen LogP contribution in [0, 0.1) is 24.7 Å². The van der Waals surface area contributed by atoms with Gasteiger partial charge in [0.05, 0.1) is 12.7 Å². The third-order valence-corrected chi connectivity index (χ3v) is 5.98. The molecule has 6 heteroatoms. The Bertz CT molecular complexity index is 604. The van der Waals surface area contributed by atoms with Crippen LogP contribution < -0.4 is 4.80 Å². The molecule has 0 aromatic carbocycles. The first-order valence-corrected chi connectivity index (χ1v) is 9.29. The molecule has 2 aliphatic rings. The van der Waals surface area contributed by atoms with E-state index in [4.69, 9.17) is 4.74 Å². The summed E-state index contributed by atoms with van der Waals surface area (Å²) in [5.41, 5.74) is 0. The van der Waals surface area contributed by atoms with E-state index in [1.54, 1.807) is 18.4 Å². The van der Waals surface area contributed by atoms with Gasteiger partial charge >= 0.3 is 0 Å². The lowest BCUT2D eigenvalue weighted by Gasteiger charge is -2.39. The van der Waals surface area contributed by atoms with Gasteiger partial charge < -0.3 is 14.4 Å². The highest BCUT2D eigenvalue weighted by molar-refractivity contribution is 7.09. The zero-order valence-corrected chi connectivity index (χ0v) is 14.7. The zero-order valence-electron chi connectivity index (χ0n) is 13.9. The van der Waals surface area contributed by atoms with Crippen LogP contribution in [0.1, 0.15) is 37.0 Å². The molecule has 1 N–H and O–H groups in total. The first-order chi connectivity index (χ1) is 11.0. The number of methoxy groups -OCH3 is 1. The zero-order chi connectivity index (χ0) is 16.4. The van der Waals surface area contributed by atoms with Gasteiger partial charge in [0.25, 0.3) is 5.91 Å². The largest absolute Gasteiger partial charge is 0.393 e. The fraction of sp³-hybridized carbons (Fsp3) is 0.765. The van der Waals surface area contributed by atoms with Gasteiger partial charge in [-0.25, -0.2) is 0 Å². The number of carbonyl (C=O) groups is 1. The van der Waals surface area contributed by atoms with Crippen molar-refractivity contribution in [2.24, 2.45) is 22.7 Å². The molecule has 1 amide bonds. The molecular formula is C17H26N2O3S. The molecule has 1 heterocycles. The van der Waals surface area contributed by atoms with Crippen LogP contribution in [0.25, 0.3) is 0 Å². The maximum Gasteiger partial charge on any atom is 0.251 e. The number of aliphatic hydroxyl groups excluding tert-OH is 1. The number of aryl methyl sites for hydroxylation is 1. The van der Waals surface area contributed by atoms with Gasteiger partial charge in [0.2, 0.25) is 0 Å². The SMILES string of the molecule is COCCn1cc(C)s/c1=N\C(=O)[C@H]1C[C@@H]2C[C@@H](O)C[C@@H](C2)C1. The number of aliphatic hydroxyl groups is 1. The van der Waals surface area contributed by atoms with Crippen molar-refractivity contribution in [2.45, 2.75) is 51.7 Å². The monoisotopic (exact) mass is 338 g/mol. The maximum atomic E-state index is 12.6. The predicted molar refractivity (Wildman–Crippen MR) is 89.1 cm³/mol. The molecule has 2 saturated carbocycles. The van der Waals surface area contributed by atoms with Crippen molar-refractivity contribution in [1.29, 1.82) is 0 Å². The van der Waals surface area contributed by atoms with E-state index in [9.17, 15) is 9.90 Å². The van der Waals surface area contributed by atoms with Crippen molar-refractivity contribution in [3.8, 4) is 0 Å². The lowest BCUT2D eigenvalue weighted by molar-refractivity contribution is -0.125. The van der Waals surface area contributed by atoms with Crippen LogP contribution in [-0.2, 0) is 16.1 Å². The Hall–Kier alpha value is -0.980. The summed E-state index contributed by atoms with van der Waals surface area (Å²) in [5.74, 6) is 1.04. The first kappa shape index (κ1) is 16.9. The molecule has 1 aromatic rings. The van der Waals surface area contributed by atoms with E-state index in [1.165, 1.54) is 6.42 Å². The van der Waals surface area contributed by atoms with Crippen LogP contribution in [0.15, 0.2) is 11.2 Å². The molecule has 0 spiro atoms. The van der Waals surface area contributed by atoms with Crippen LogP contribution in [0.4, 0.5) is 0 Å². The molecule has 0 radical (unpaired) electrons. The number of ether oxygens (including phenoxy) is 1. The fourth-order valence-corrected chi connectivity index (χ4v) is 5.01. The summed E-state index contributed by atoms with van der Waals surface area (Å²) in [6.45, 7) is 3.36. The summed E-state index contributed by atoms with van der Waals surface area (Å²) >= 11 is 1.56. The van der Waals surface area contributed by atoms with Crippen molar-refractivity contribution in [2.75, 3.05) is 13.7 Å². The highest BCUT2D eigenvalue weighted by Crippen LogP contribution is 2.42. The number of nitrogens with zero attached hydrogens (tertiary/aromatic N) is 2. The van der Waals surface area contributed by atoms with Crippen molar-refractivity contribution in [1.82, 2.24) is 4.57 Å². The minimum absolute atomic E-state index is 0.0177. The Kier molecular flexibility index (Phi) is 5.34. The van der Waals surface area contributed by atoms with E-state index >= 15 is 0 Å². The van der Waals surface area contributed by atoms with Gasteiger partial charge in [-0.05, 0) is 50.9 Å². The van der Waals surface area contributed by atoms with Gasteiger partial charge in [-0.1, -0.05) is 0 Å². The van der Waals surface area contributed by atoms with E-state index < -0.39 is 0 Å². The molecule has 2 aliphatic carbocycles. The molecule has 23 heavy (non-hydrogen) atoms. The summed E-state index contributed by atoms with van der Waals surface area (Å²) in [6.07, 6.45) is 6.52. The average Bonchev–Trinajstić information content (AvgIpc) is 2.83. The second kappa shape index (κ2) is 7.28. The van der Waals surface area contributed by atoms with Crippen LogP contribution in [0.5, 0.6) is 0 Å². The number of hydrogen-bond donors (Lipinski definition) is 1. The number of amides is 1. The van der Waals surface area contributed by atoms with E-state index in [1.807, 2.05) is 17.7 Å². The third kappa shape index (κ3) is 4.11. The van der Waals surface area contributed by atoms with Crippen LogP contribution in [-0.4, -0.2) is 35.4 Å². The second-order valence-corrected chi connectivity index (χ2v) is 8.24. The number of carbonyl (C=O) groups excluding carboxylic acids is 1. The molecule has 1 aromatic heterocycles. The minimum Gasteiger partial charge on any atom is -0.393 e. The van der Waals surface area contributed by atoms with Gasteiger partial charge in [0.15, 0.2) is 4.80 Å². The highest BCUT2D eigenvalue weighted by Gasteiger charge is 2.38. The third-order valence-electron chi connectivity index (χ3n) is 5.04. The molecule has 2 fully saturated rings. The highest BCUT2D eigenvalue weighted by atomic mass is 32.1. The molecule has 5 nitrogen and oxygen atoms in total. The number of thiazole rings is 1. The summed E-state index contributed by atoms with van der Waals surface area (Å²) in [5, 5.41) is 9.87. The minimum atomic E-state index is -0.164. The fourth-order valence-electron chi connectivity index (χ4n) is 4.14. The van der Waals surface area contributed by atoms with Crippen LogP contribution >= 0.6 is 11.3 Å². The van der Waals surface area contributed by atoms with E-state index in [2.05, 4.69) is 4.99 Å². The topological polar surface area (TPSA) is 63.8 Å². The smallest absolute Gasteiger partial charge is 0.251 e. The number of fused-ring (bicyclic) bond motifs is 2. The van der Waals surface area contributed by atoms with Gasteiger partial charge in [0.1, 0.15) is 0 Å². The quantitative estimate of drug-likeness (QED) is 0.914. The molecule has 128 valence electrons. The molecular weight excluding hydrogens is 312 g/mol. The van der Waals surface area contributed by atoms with Gasteiger partial charge in [-0.2, -0.15) is 4.99 Å². The second-order valence-electron chi connectivity index (χ2n) is 7.02. The molecule has 4 atom stereocenters. The van der Waals surface area contributed by atoms with Crippen molar-refractivity contribution < 1.29 is 14.6 Å². The van der Waals surface area contributed by atoms with E-state index in [0.717, 1.165) is 41.9 Å². The van der Waals surface area contributed by atoms with Crippen molar-refractivity contribution in [3.63, 3.8) is 0 Å². The molecule has 0 aliphatic heterocycles. The Morgan fingerprint density at radius 2 is 2.04 bits per heavy atom. The maximum absolute atomic E-state index is 12.6. The average molecular weight is 338 g/mol. The first-order valence-electron chi connectivity index (χ1n) is 8.47. The Morgan fingerprint density at radius 3 is 2.70 bits per heavy atom. The number of aromatic nitrogens is 1. The van der Waals surface area contributed by atoms with Gasteiger partial charge in [-0.3, -0.25) is 4.79 Å². The number of rotatable bonds is 4. The Labute approximate surface area is 141 Å². The van der Waals surface area contributed by atoms with Gasteiger partial charge in [0, 0.05) is 30.6 Å². The summed E-state index contributed by atoms with van der Waals surface area (Å²) in [6, 6.07) is 0. The van der Waals surface area contributed by atoms with Gasteiger partial charge in [-0.15, -0.1) is 11.3 Å². The molecule has 0 unspecified atom stereocenters. The molecule has 0 saturated heterocycles.